The van der Waals surface area contributed by atoms with E-state index in [0.29, 0.717) is 16.5 Å². The lowest BCUT2D eigenvalue weighted by Crippen LogP contribution is -2.01. The lowest BCUT2D eigenvalue weighted by Gasteiger charge is -2.12. The van der Waals surface area contributed by atoms with Gasteiger partial charge in [0.15, 0.2) is 11.5 Å². The maximum absolute atomic E-state index is 11.0. The van der Waals surface area contributed by atoms with E-state index in [1.54, 1.807) is 12.1 Å². The van der Waals surface area contributed by atoms with Crippen molar-refractivity contribution < 1.29 is 19.4 Å². The van der Waals surface area contributed by atoms with Crippen LogP contribution in [0.25, 0.3) is 0 Å². The van der Waals surface area contributed by atoms with Crippen molar-refractivity contribution in [1.82, 2.24) is 0 Å². The molecule has 0 unspecified atom stereocenters. The number of carboxylic acid groups (broad SMARTS) is 1. The molecule has 2 aromatic carbocycles. The number of ether oxygens (including phenoxy) is 2. The molecule has 6 heteroatoms. The van der Waals surface area contributed by atoms with E-state index >= 15 is 0 Å². The summed E-state index contributed by atoms with van der Waals surface area (Å²) < 4.78 is 11.7. The Morgan fingerprint density at radius 2 is 2.00 bits per heavy atom. The first-order valence-corrected chi connectivity index (χ1v) is 7.16. The topological polar surface area (TPSA) is 55.8 Å². The van der Waals surface area contributed by atoms with Crippen LogP contribution >= 0.6 is 27.5 Å². The smallest absolute Gasteiger partial charge is 0.335 e. The summed E-state index contributed by atoms with van der Waals surface area (Å²) in [5, 5.41) is 9.58. The van der Waals surface area contributed by atoms with Gasteiger partial charge in [0, 0.05) is 15.1 Å². The number of methoxy groups -OCH3 is 1. The van der Waals surface area contributed by atoms with Crippen LogP contribution in [0.5, 0.6) is 11.5 Å². The summed E-state index contributed by atoms with van der Waals surface area (Å²) in [7, 11) is 1.50. The zero-order chi connectivity index (χ0) is 15.4. The van der Waals surface area contributed by atoms with Gasteiger partial charge >= 0.3 is 5.97 Å². The van der Waals surface area contributed by atoms with Crippen LogP contribution in [0, 0.1) is 0 Å². The van der Waals surface area contributed by atoms with Crippen LogP contribution < -0.4 is 9.47 Å². The van der Waals surface area contributed by atoms with Crippen LogP contribution in [-0.2, 0) is 6.61 Å². The molecule has 1 N–H and O–H groups in total. The van der Waals surface area contributed by atoms with Gasteiger partial charge in [0.1, 0.15) is 6.61 Å². The van der Waals surface area contributed by atoms with Gasteiger partial charge in [-0.25, -0.2) is 4.79 Å². The van der Waals surface area contributed by atoms with Gasteiger partial charge in [0.05, 0.1) is 12.7 Å². The Balaban J connectivity index is 2.22. The van der Waals surface area contributed by atoms with E-state index in [0.717, 1.165) is 10.0 Å². The number of carbonyl (C=O) groups is 1. The number of hydrogen-bond acceptors (Lipinski definition) is 3. The Morgan fingerprint density at radius 1 is 1.24 bits per heavy atom. The van der Waals surface area contributed by atoms with E-state index in [1.165, 1.54) is 19.2 Å². The fourth-order valence-electron chi connectivity index (χ4n) is 1.72. The SMILES string of the molecule is COc1ccc(C(=O)O)cc1OCc1ccc(Br)cc1Cl. The standard InChI is InChI=1S/C15H12BrClO4/c1-20-13-5-3-9(15(18)19)6-14(13)21-8-10-2-4-11(16)7-12(10)17/h2-7H,8H2,1H3,(H,18,19). The van der Waals surface area contributed by atoms with Gasteiger partial charge in [0.2, 0.25) is 0 Å². The second-order valence-corrected chi connectivity index (χ2v) is 5.52. The van der Waals surface area contributed by atoms with Gasteiger partial charge in [-0.2, -0.15) is 0 Å². The molecule has 0 aliphatic heterocycles. The molecule has 0 atom stereocenters. The van der Waals surface area contributed by atoms with Crippen molar-refractivity contribution in [3.8, 4) is 11.5 Å². The number of carboxylic acids is 1. The number of benzene rings is 2. The summed E-state index contributed by atoms with van der Waals surface area (Å²) in [6.07, 6.45) is 0. The third kappa shape index (κ3) is 3.89. The van der Waals surface area contributed by atoms with Crippen molar-refractivity contribution in [1.29, 1.82) is 0 Å². The molecule has 0 fully saturated rings. The third-order valence-corrected chi connectivity index (χ3v) is 3.65. The van der Waals surface area contributed by atoms with Crippen molar-refractivity contribution in [2.75, 3.05) is 7.11 Å². The Hall–Kier alpha value is -1.72. The van der Waals surface area contributed by atoms with E-state index in [4.69, 9.17) is 26.2 Å². The summed E-state index contributed by atoms with van der Waals surface area (Å²) in [6.45, 7) is 0.214. The average molecular weight is 372 g/mol. The quantitative estimate of drug-likeness (QED) is 0.847. The molecule has 0 radical (unpaired) electrons. The first-order chi connectivity index (χ1) is 10.0. The van der Waals surface area contributed by atoms with E-state index in [-0.39, 0.29) is 12.2 Å². The lowest BCUT2D eigenvalue weighted by molar-refractivity contribution is 0.0696. The van der Waals surface area contributed by atoms with E-state index in [2.05, 4.69) is 15.9 Å². The van der Waals surface area contributed by atoms with E-state index < -0.39 is 5.97 Å². The van der Waals surface area contributed by atoms with Gasteiger partial charge in [0.25, 0.3) is 0 Å². The minimum Gasteiger partial charge on any atom is -0.493 e. The predicted octanol–water partition coefficient (Wildman–Crippen LogP) is 4.39. The van der Waals surface area contributed by atoms with Crippen LogP contribution in [0.15, 0.2) is 40.9 Å². The molecule has 0 heterocycles. The highest BCUT2D eigenvalue weighted by Gasteiger charge is 2.11. The van der Waals surface area contributed by atoms with Gasteiger partial charge in [-0.3, -0.25) is 0 Å². The summed E-state index contributed by atoms with van der Waals surface area (Å²) in [5.74, 6) is -0.200. The largest absolute Gasteiger partial charge is 0.493 e. The minimum atomic E-state index is -1.02. The Kier molecular flexibility index (Phi) is 5.09. The van der Waals surface area contributed by atoms with Gasteiger partial charge < -0.3 is 14.6 Å². The number of hydrogen-bond donors (Lipinski definition) is 1. The first kappa shape index (κ1) is 15.7. The summed E-state index contributed by atoms with van der Waals surface area (Å²) in [5.41, 5.74) is 0.926. The fourth-order valence-corrected chi connectivity index (χ4v) is 2.44. The predicted molar refractivity (Wildman–Crippen MR) is 83.4 cm³/mol. The van der Waals surface area contributed by atoms with Gasteiger partial charge in [-0.15, -0.1) is 0 Å². The molecule has 21 heavy (non-hydrogen) atoms. The van der Waals surface area contributed by atoms with Crippen molar-refractivity contribution in [2.45, 2.75) is 6.61 Å². The van der Waals surface area contributed by atoms with Crippen molar-refractivity contribution >= 4 is 33.5 Å². The molecule has 0 saturated heterocycles. The maximum Gasteiger partial charge on any atom is 0.335 e. The Bertz CT molecular complexity index is 673. The molecule has 0 aliphatic rings. The molecule has 0 bridgehead atoms. The Labute approximate surface area is 135 Å². The van der Waals surface area contributed by atoms with Crippen molar-refractivity contribution in [2.24, 2.45) is 0 Å². The molecule has 110 valence electrons. The molecular weight excluding hydrogens is 360 g/mol. The minimum absolute atomic E-state index is 0.132. The highest BCUT2D eigenvalue weighted by atomic mass is 79.9. The van der Waals surface area contributed by atoms with Crippen LogP contribution in [0.1, 0.15) is 15.9 Å². The fraction of sp³-hybridized carbons (Fsp3) is 0.133. The number of aromatic carboxylic acids is 1. The van der Waals surface area contributed by atoms with Gasteiger partial charge in [-0.1, -0.05) is 33.6 Å². The highest BCUT2D eigenvalue weighted by molar-refractivity contribution is 9.10. The van der Waals surface area contributed by atoms with Crippen LogP contribution in [-0.4, -0.2) is 18.2 Å². The molecule has 0 spiro atoms. The summed E-state index contributed by atoms with van der Waals surface area (Å²) in [4.78, 5) is 11.0. The van der Waals surface area contributed by atoms with Crippen LogP contribution in [0.4, 0.5) is 0 Å². The average Bonchev–Trinajstić information content (AvgIpc) is 2.46. The van der Waals surface area contributed by atoms with Crippen LogP contribution in [0.3, 0.4) is 0 Å². The van der Waals surface area contributed by atoms with E-state index in [9.17, 15) is 4.79 Å². The molecule has 0 aliphatic carbocycles. The molecule has 0 saturated carbocycles. The summed E-state index contributed by atoms with van der Waals surface area (Å²) >= 11 is 9.45. The van der Waals surface area contributed by atoms with Crippen LogP contribution in [0.2, 0.25) is 5.02 Å². The van der Waals surface area contributed by atoms with Crippen molar-refractivity contribution in [3.05, 3.63) is 57.0 Å². The molecule has 4 nitrogen and oxygen atoms in total. The number of rotatable bonds is 5. The summed E-state index contributed by atoms with van der Waals surface area (Å²) in [6, 6.07) is 9.90. The third-order valence-electron chi connectivity index (χ3n) is 2.81. The monoisotopic (exact) mass is 370 g/mol. The van der Waals surface area contributed by atoms with Gasteiger partial charge in [-0.05, 0) is 30.3 Å². The zero-order valence-corrected chi connectivity index (χ0v) is 13.4. The molecule has 2 aromatic rings. The molecule has 2 rings (SSSR count). The second kappa shape index (κ2) is 6.83. The van der Waals surface area contributed by atoms with E-state index in [1.807, 2.05) is 12.1 Å². The molecular formula is C15H12BrClO4. The molecule has 0 aromatic heterocycles. The molecule has 0 amide bonds. The van der Waals surface area contributed by atoms with Crippen molar-refractivity contribution in [3.63, 3.8) is 0 Å². The second-order valence-electron chi connectivity index (χ2n) is 4.20. The Morgan fingerprint density at radius 3 is 2.62 bits per heavy atom. The first-order valence-electron chi connectivity index (χ1n) is 5.99. The highest BCUT2D eigenvalue weighted by Crippen LogP contribution is 2.30. The number of halogens is 2. The maximum atomic E-state index is 11.0. The lowest BCUT2D eigenvalue weighted by atomic mass is 10.2. The normalized spacial score (nSPS) is 10.2. The zero-order valence-electron chi connectivity index (χ0n) is 11.1.